The van der Waals surface area contributed by atoms with Crippen LogP contribution in [0.15, 0.2) is 65.6 Å². The summed E-state index contributed by atoms with van der Waals surface area (Å²) in [6, 6.07) is 15.7. The second-order valence-electron chi connectivity index (χ2n) is 9.82. The average molecular weight is 605 g/mol. The summed E-state index contributed by atoms with van der Waals surface area (Å²) in [5.41, 5.74) is 3.71. The molecule has 0 radical (unpaired) electrons. The Morgan fingerprint density at radius 2 is 1.60 bits per heavy atom. The van der Waals surface area contributed by atoms with E-state index in [1.165, 1.54) is 17.0 Å². The number of carbonyl (C=O) groups excluding carboxylic acids is 2. The Labute approximate surface area is 247 Å². The zero-order valence-corrected chi connectivity index (χ0v) is 25.7. The molecule has 3 aromatic rings. The number of aryl methyl sites for hydroxylation is 3. The van der Waals surface area contributed by atoms with Gasteiger partial charge in [-0.2, -0.15) is 0 Å². The van der Waals surface area contributed by atoms with E-state index in [9.17, 15) is 18.0 Å². The summed E-state index contributed by atoms with van der Waals surface area (Å²) in [7, 11) is -4.13. The van der Waals surface area contributed by atoms with Crippen LogP contribution in [0.4, 0.5) is 5.69 Å². The van der Waals surface area contributed by atoms with Crippen LogP contribution in [0.1, 0.15) is 42.5 Å². The first kappa shape index (κ1) is 31.5. The van der Waals surface area contributed by atoms with Gasteiger partial charge in [0.15, 0.2) is 0 Å². The third-order valence-corrected chi connectivity index (χ3v) is 9.11. The molecule has 10 heteroatoms. The van der Waals surface area contributed by atoms with Crippen molar-refractivity contribution in [3.05, 3.63) is 93.0 Å². The van der Waals surface area contributed by atoms with Crippen molar-refractivity contribution in [2.45, 2.75) is 58.5 Å². The summed E-state index contributed by atoms with van der Waals surface area (Å²) in [5, 5.41) is 3.59. The number of benzene rings is 3. The van der Waals surface area contributed by atoms with Gasteiger partial charge in [-0.3, -0.25) is 13.9 Å². The first-order chi connectivity index (χ1) is 18.8. The number of hydrogen-bond acceptors (Lipinski definition) is 4. The third-order valence-electron chi connectivity index (χ3n) is 6.74. The van der Waals surface area contributed by atoms with Crippen molar-refractivity contribution in [3.8, 4) is 0 Å². The van der Waals surface area contributed by atoms with E-state index < -0.39 is 28.5 Å². The summed E-state index contributed by atoms with van der Waals surface area (Å²) in [6.45, 7) is 9.13. The van der Waals surface area contributed by atoms with Crippen molar-refractivity contribution in [3.63, 3.8) is 0 Å². The molecule has 3 rings (SSSR count). The summed E-state index contributed by atoms with van der Waals surface area (Å²) < 4.78 is 29.0. The molecule has 0 aromatic heterocycles. The van der Waals surface area contributed by atoms with Gasteiger partial charge in [0.2, 0.25) is 11.8 Å². The first-order valence-electron chi connectivity index (χ1n) is 13.0. The molecule has 0 bridgehead atoms. The van der Waals surface area contributed by atoms with Crippen LogP contribution in [-0.4, -0.2) is 44.3 Å². The molecule has 0 unspecified atom stereocenters. The highest BCUT2D eigenvalue weighted by Crippen LogP contribution is 2.28. The van der Waals surface area contributed by atoms with E-state index in [1.807, 2.05) is 33.8 Å². The smallest absolute Gasteiger partial charge is 0.264 e. The second-order valence-corrected chi connectivity index (χ2v) is 12.5. The zero-order valence-electron chi connectivity index (χ0n) is 23.4. The van der Waals surface area contributed by atoms with Gasteiger partial charge >= 0.3 is 0 Å². The van der Waals surface area contributed by atoms with Crippen LogP contribution in [0.25, 0.3) is 0 Å². The Balaban J connectivity index is 2.06. The van der Waals surface area contributed by atoms with Crippen LogP contribution < -0.4 is 9.62 Å². The van der Waals surface area contributed by atoms with Gasteiger partial charge in [-0.1, -0.05) is 60.0 Å². The van der Waals surface area contributed by atoms with Gasteiger partial charge in [-0.25, -0.2) is 8.42 Å². The van der Waals surface area contributed by atoms with Gasteiger partial charge in [0.25, 0.3) is 10.0 Å². The monoisotopic (exact) mass is 603 g/mol. The Morgan fingerprint density at radius 1 is 0.925 bits per heavy atom. The van der Waals surface area contributed by atoms with Crippen LogP contribution in [0.5, 0.6) is 0 Å². The lowest BCUT2D eigenvalue weighted by molar-refractivity contribution is -0.139. The second kappa shape index (κ2) is 13.5. The molecular formula is C30H35Cl2N3O4S. The van der Waals surface area contributed by atoms with Gasteiger partial charge < -0.3 is 10.2 Å². The Morgan fingerprint density at radius 3 is 2.20 bits per heavy atom. The molecule has 1 N–H and O–H groups in total. The molecule has 40 heavy (non-hydrogen) atoms. The van der Waals surface area contributed by atoms with Crippen molar-refractivity contribution in [2.24, 2.45) is 0 Å². The number of rotatable bonds is 11. The highest BCUT2D eigenvalue weighted by Gasteiger charge is 2.33. The molecule has 3 aromatic carbocycles. The molecule has 0 saturated heterocycles. The lowest BCUT2D eigenvalue weighted by Crippen LogP contribution is -2.51. The first-order valence-corrected chi connectivity index (χ1v) is 15.2. The number of sulfonamides is 1. The lowest BCUT2D eigenvalue weighted by Gasteiger charge is -2.32. The van der Waals surface area contributed by atoms with Crippen LogP contribution in [0, 0.1) is 20.8 Å². The molecule has 0 aliphatic rings. The van der Waals surface area contributed by atoms with Crippen molar-refractivity contribution >= 4 is 50.7 Å². The molecule has 0 spiro atoms. The molecule has 0 heterocycles. The number of nitrogens with zero attached hydrogens (tertiary/aromatic N) is 2. The Bertz CT molecular complexity index is 1480. The predicted octanol–water partition coefficient (Wildman–Crippen LogP) is 6.06. The number of nitrogens with one attached hydrogen (secondary N) is 1. The van der Waals surface area contributed by atoms with Crippen LogP contribution >= 0.6 is 23.2 Å². The maximum Gasteiger partial charge on any atom is 0.264 e. The van der Waals surface area contributed by atoms with E-state index in [0.29, 0.717) is 27.8 Å². The zero-order chi connectivity index (χ0) is 29.6. The summed E-state index contributed by atoms with van der Waals surface area (Å²) >= 11 is 12.5. The van der Waals surface area contributed by atoms with Gasteiger partial charge in [-0.05, 0) is 87.2 Å². The average Bonchev–Trinajstić information content (AvgIpc) is 2.91. The fraction of sp³-hybridized carbons (Fsp3) is 0.333. The van der Waals surface area contributed by atoms with Gasteiger partial charge in [0.1, 0.15) is 12.6 Å². The maximum atomic E-state index is 14.0. The maximum absolute atomic E-state index is 14.0. The van der Waals surface area contributed by atoms with Gasteiger partial charge in [0, 0.05) is 23.1 Å². The quantitative estimate of drug-likeness (QED) is 0.289. The van der Waals surface area contributed by atoms with Crippen molar-refractivity contribution in [1.29, 1.82) is 0 Å². The highest BCUT2D eigenvalue weighted by molar-refractivity contribution is 7.92. The van der Waals surface area contributed by atoms with Crippen molar-refractivity contribution in [1.82, 2.24) is 10.2 Å². The molecule has 1 atom stereocenters. The summed E-state index contributed by atoms with van der Waals surface area (Å²) in [5.74, 6) is -0.904. The normalized spacial score (nSPS) is 12.1. The predicted molar refractivity (Wildman–Crippen MR) is 161 cm³/mol. The molecule has 2 amide bonds. The minimum Gasteiger partial charge on any atom is -0.354 e. The number of carbonyl (C=O) groups is 2. The van der Waals surface area contributed by atoms with E-state index in [0.717, 1.165) is 27.4 Å². The molecule has 0 saturated carbocycles. The van der Waals surface area contributed by atoms with E-state index in [2.05, 4.69) is 5.32 Å². The minimum atomic E-state index is -4.13. The van der Waals surface area contributed by atoms with E-state index in [1.54, 1.807) is 49.4 Å². The molecular weight excluding hydrogens is 569 g/mol. The van der Waals surface area contributed by atoms with Crippen molar-refractivity contribution < 1.29 is 18.0 Å². The van der Waals surface area contributed by atoms with Crippen molar-refractivity contribution in [2.75, 3.05) is 17.4 Å². The summed E-state index contributed by atoms with van der Waals surface area (Å²) in [6.07, 6.45) is 0.727. The minimum absolute atomic E-state index is 0.0130. The SMILES string of the molecule is CCCNC(=O)[C@H](C)N(Cc1ccc(Cl)cc1Cl)C(=O)CN(c1ccc(C)c(C)c1)S(=O)(=O)c1ccc(C)cc1. The van der Waals surface area contributed by atoms with Crippen LogP contribution in [0.3, 0.4) is 0 Å². The standard InChI is InChI=1S/C30H35Cl2N3O4S/c1-6-15-33-30(37)23(5)34(18-24-10-11-25(31)17-28(24)32)29(36)19-35(26-12-9-21(3)22(4)16-26)40(38,39)27-13-7-20(2)8-14-27/h7-14,16-17,23H,6,15,18-19H2,1-5H3,(H,33,37)/t23-/m0/s1. The summed E-state index contributed by atoms with van der Waals surface area (Å²) in [4.78, 5) is 28.4. The number of anilines is 1. The molecule has 0 aliphatic heterocycles. The number of hydrogen-bond donors (Lipinski definition) is 1. The van der Waals surface area contributed by atoms with Gasteiger partial charge in [-0.15, -0.1) is 0 Å². The van der Waals surface area contributed by atoms with E-state index in [-0.39, 0.29) is 17.3 Å². The molecule has 0 aliphatic carbocycles. The van der Waals surface area contributed by atoms with Gasteiger partial charge in [0.05, 0.1) is 10.6 Å². The van der Waals surface area contributed by atoms with E-state index in [4.69, 9.17) is 23.2 Å². The topological polar surface area (TPSA) is 86.8 Å². The Hall–Kier alpha value is -3.07. The largest absolute Gasteiger partial charge is 0.354 e. The third kappa shape index (κ3) is 7.56. The molecule has 214 valence electrons. The van der Waals surface area contributed by atoms with E-state index >= 15 is 0 Å². The van der Waals surface area contributed by atoms with Crippen LogP contribution in [0.2, 0.25) is 10.0 Å². The molecule has 7 nitrogen and oxygen atoms in total. The van der Waals surface area contributed by atoms with Crippen LogP contribution in [-0.2, 0) is 26.2 Å². The number of amides is 2. The number of halogens is 2. The fourth-order valence-corrected chi connectivity index (χ4v) is 5.93. The fourth-order valence-electron chi connectivity index (χ4n) is 4.06. The lowest BCUT2D eigenvalue weighted by atomic mass is 10.1. The molecule has 0 fully saturated rings. The Kier molecular flexibility index (Phi) is 10.6. The highest BCUT2D eigenvalue weighted by atomic mass is 35.5.